The predicted molar refractivity (Wildman–Crippen MR) is 84.9 cm³/mol. The average Bonchev–Trinajstić information content (AvgIpc) is 2.44. The lowest BCUT2D eigenvalue weighted by Gasteiger charge is -2.23. The van der Waals surface area contributed by atoms with Crippen LogP contribution in [0.4, 0.5) is 10.1 Å². The number of carbonyl (C=O) groups is 1. The number of rotatable bonds is 8. The molecule has 0 saturated carbocycles. The van der Waals surface area contributed by atoms with Crippen LogP contribution in [0.25, 0.3) is 0 Å². The summed E-state index contributed by atoms with van der Waals surface area (Å²) in [6.07, 6.45) is 0.347. The zero-order chi connectivity index (χ0) is 15.8. The van der Waals surface area contributed by atoms with Crippen LogP contribution in [-0.4, -0.2) is 33.1 Å². The number of nitrogens with one attached hydrogen (secondary N) is 2. The molecule has 1 aromatic carbocycles. The zero-order valence-electron chi connectivity index (χ0n) is 13.4. The predicted octanol–water partition coefficient (Wildman–Crippen LogP) is 2.14. The van der Waals surface area contributed by atoms with E-state index in [1.54, 1.807) is 18.0 Å². The van der Waals surface area contributed by atoms with Gasteiger partial charge in [0.05, 0.1) is 5.69 Å². The van der Waals surface area contributed by atoms with Crippen molar-refractivity contribution in [3.63, 3.8) is 0 Å². The largest absolute Gasteiger partial charge is 0.371 e. The van der Waals surface area contributed by atoms with Gasteiger partial charge < -0.3 is 15.5 Å². The molecule has 0 fully saturated rings. The third kappa shape index (κ3) is 5.71. The van der Waals surface area contributed by atoms with Gasteiger partial charge in [0.2, 0.25) is 5.91 Å². The van der Waals surface area contributed by atoms with Crippen LogP contribution in [0.3, 0.4) is 0 Å². The topological polar surface area (TPSA) is 44.4 Å². The van der Waals surface area contributed by atoms with Gasteiger partial charge in [-0.1, -0.05) is 26.0 Å². The maximum Gasteiger partial charge on any atom is 0.221 e. The first-order valence-corrected chi connectivity index (χ1v) is 7.35. The molecule has 1 rings (SSSR count). The lowest BCUT2D eigenvalue weighted by molar-refractivity contribution is -0.120. The second-order valence-electron chi connectivity index (χ2n) is 5.62. The first-order valence-electron chi connectivity index (χ1n) is 7.35. The molecule has 0 aromatic heterocycles. The monoisotopic (exact) mass is 295 g/mol. The number of hydrogen-bond acceptors (Lipinski definition) is 3. The highest BCUT2D eigenvalue weighted by atomic mass is 19.1. The van der Waals surface area contributed by atoms with E-state index < -0.39 is 0 Å². The number of para-hydroxylation sites is 1. The highest BCUT2D eigenvalue weighted by molar-refractivity contribution is 5.76. The quantitative estimate of drug-likeness (QED) is 0.772. The van der Waals surface area contributed by atoms with Gasteiger partial charge in [-0.3, -0.25) is 4.79 Å². The summed E-state index contributed by atoms with van der Waals surface area (Å²) in [4.78, 5) is 13.1. The number of nitrogens with zero attached hydrogens (tertiary/aromatic N) is 1. The summed E-state index contributed by atoms with van der Waals surface area (Å²) in [6, 6.07) is 5.09. The lowest BCUT2D eigenvalue weighted by atomic mass is 10.1. The van der Waals surface area contributed by atoms with E-state index in [1.807, 2.05) is 13.1 Å². The summed E-state index contributed by atoms with van der Waals surface area (Å²) in [5, 5.41) is 5.90. The molecule has 0 aliphatic carbocycles. The van der Waals surface area contributed by atoms with Crippen LogP contribution in [0.15, 0.2) is 18.2 Å². The highest BCUT2D eigenvalue weighted by Gasteiger charge is 2.13. The summed E-state index contributed by atoms with van der Waals surface area (Å²) in [7, 11) is 3.42. The summed E-state index contributed by atoms with van der Waals surface area (Å²) in [5.74, 6) is 0.254. The fraction of sp³-hybridized carbons (Fsp3) is 0.562. The molecule has 0 atom stereocenters. The summed E-state index contributed by atoms with van der Waals surface area (Å²) < 4.78 is 14.1. The normalized spacial score (nSPS) is 10.8. The van der Waals surface area contributed by atoms with Crippen molar-refractivity contribution in [3.05, 3.63) is 29.6 Å². The Kier molecular flexibility index (Phi) is 7.15. The SMILES string of the molecule is CNC(=O)CCN(C)c1c(F)cccc1CNCC(C)C. The minimum absolute atomic E-state index is 0.0438. The number of hydrogen-bond donors (Lipinski definition) is 2. The lowest BCUT2D eigenvalue weighted by Crippen LogP contribution is -2.28. The number of halogens is 1. The van der Waals surface area contributed by atoms with E-state index in [2.05, 4.69) is 24.5 Å². The van der Waals surface area contributed by atoms with Crippen molar-refractivity contribution in [2.45, 2.75) is 26.8 Å². The Hall–Kier alpha value is -1.62. The fourth-order valence-corrected chi connectivity index (χ4v) is 2.13. The molecule has 0 unspecified atom stereocenters. The third-order valence-electron chi connectivity index (χ3n) is 3.27. The van der Waals surface area contributed by atoms with Gasteiger partial charge in [-0.2, -0.15) is 0 Å². The van der Waals surface area contributed by atoms with Gasteiger partial charge >= 0.3 is 0 Å². The van der Waals surface area contributed by atoms with Crippen LogP contribution in [0.2, 0.25) is 0 Å². The first-order chi connectivity index (χ1) is 9.95. The van der Waals surface area contributed by atoms with Crippen LogP contribution in [0, 0.1) is 11.7 Å². The Bertz CT molecular complexity index is 463. The molecule has 1 amide bonds. The fourth-order valence-electron chi connectivity index (χ4n) is 2.13. The molecule has 0 bridgehead atoms. The van der Waals surface area contributed by atoms with Gasteiger partial charge in [0, 0.05) is 33.6 Å². The third-order valence-corrected chi connectivity index (χ3v) is 3.27. The van der Waals surface area contributed by atoms with Crippen LogP contribution < -0.4 is 15.5 Å². The summed E-state index contributed by atoms with van der Waals surface area (Å²) in [6.45, 7) is 6.26. The molecule has 118 valence electrons. The van der Waals surface area contributed by atoms with E-state index in [0.717, 1.165) is 12.1 Å². The van der Waals surface area contributed by atoms with Crippen molar-refractivity contribution >= 4 is 11.6 Å². The maximum atomic E-state index is 14.1. The van der Waals surface area contributed by atoms with E-state index in [-0.39, 0.29) is 11.7 Å². The van der Waals surface area contributed by atoms with E-state index in [1.165, 1.54) is 6.07 Å². The van der Waals surface area contributed by atoms with Crippen LogP contribution in [0.1, 0.15) is 25.8 Å². The molecule has 0 aliphatic heterocycles. The molecule has 21 heavy (non-hydrogen) atoms. The van der Waals surface area contributed by atoms with Crippen molar-refractivity contribution in [3.8, 4) is 0 Å². The average molecular weight is 295 g/mol. The molecule has 0 radical (unpaired) electrons. The van der Waals surface area contributed by atoms with Crippen LogP contribution >= 0.6 is 0 Å². The zero-order valence-corrected chi connectivity index (χ0v) is 13.4. The van der Waals surface area contributed by atoms with E-state index in [9.17, 15) is 9.18 Å². The first kappa shape index (κ1) is 17.4. The number of benzene rings is 1. The Balaban J connectivity index is 2.76. The molecule has 1 aromatic rings. The van der Waals surface area contributed by atoms with Crippen molar-refractivity contribution in [2.24, 2.45) is 5.92 Å². The highest BCUT2D eigenvalue weighted by Crippen LogP contribution is 2.23. The molecule has 2 N–H and O–H groups in total. The van der Waals surface area contributed by atoms with E-state index in [4.69, 9.17) is 0 Å². The second kappa shape index (κ2) is 8.62. The number of anilines is 1. The molecule has 0 spiro atoms. The van der Waals surface area contributed by atoms with Crippen molar-refractivity contribution in [2.75, 3.05) is 32.1 Å². The molecule has 0 saturated heterocycles. The van der Waals surface area contributed by atoms with Crippen molar-refractivity contribution in [1.82, 2.24) is 10.6 Å². The van der Waals surface area contributed by atoms with Crippen LogP contribution in [-0.2, 0) is 11.3 Å². The van der Waals surface area contributed by atoms with Crippen molar-refractivity contribution < 1.29 is 9.18 Å². The van der Waals surface area contributed by atoms with Gasteiger partial charge in [0.25, 0.3) is 0 Å². The smallest absolute Gasteiger partial charge is 0.221 e. The standard InChI is InChI=1S/C16H26FN3O/c1-12(2)10-19-11-13-6-5-7-14(17)16(13)20(4)9-8-15(21)18-3/h5-7,12,19H,8-11H2,1-4H3,(H,18,21). The van der Waals surface area contributed by atoms with Gasteiger partial charge in [-0.25, -0.2) is 4.39 Å². The minimum Gasteiger partial charge on any atom is -0.371 e. The number of amides is 1. The van der Waals surface area contributed by atoms with Crippen molar-refractivity contribution in [1.29, 1.82) is 0 Å². The molecule has 5 heteroatoms. The molecular formula is C16H26FN3O. The summed E-state index contributed by atoms with van der Waals surface area (Å²) >= 11 is 0. The van der Waals surface area contributed by atoms with Gasteiger partial charge in [-0.15, -0.1) is 0 Å². The number of carbonyl (C=O) groups excluding carboxylic acids is 1. The second-order valence-corrected chi connectivity index (χ2v) is 5.62. The van der Waals surface area contributed by atoms with Gasteiger partial charge in [-0.05, 0) is 24.1 Å². The molecular weight excluding hydrogens is 269 g/mol. The van der Waals surface area contributed by atoms with Crippen LogP contribution in [0.5, 0.6) is 0 Å². The Morgan fingerprint density at radius 1 is 1.38 bits per heavy atom. The molecule has 0 aliphatic rings. The van der Waals surface area contributed by atoms with E-state index >= 15 is 0 Å². The summed E-state index contributed by atoms with van der Waals surface area (Å²) in [5.41, 5.74) is 1.48. The molecule has 4 nitrogen and oxygen atoms in total. The minimum atomic E-state index is -0.252. The van der Waals surface area contributed by atoms with Gasteiger partial charge in [0.15, 0.2) is 0 Å². The Morgan fingerprint density at radius 3 is 2.71 bits per heavy atom. The molecule has 0 heterocycles. The van der Waals surface area contributed by atoms with Gasteiger partial charge in [0.1, 0.15) is 5.82 Å². The Labute approximate surface area is 126 Å². The maximum absolute atomic E-state index is 14.1. The Morgan fingerprint density at radius 2 is 2.10 bits per heavy atom. The van der Waals surface area contributed by atoms with E-state index in [0.29, 0.717) is 31.1 Å².